The molecule has 1 aromatic carbocycles. The maximum absolute atomic E-state index is 12.5. The first kappa shape index (κ1) is 40.2. The molecule has 0 atom stereocenters. The molecule has 0 saturated carbocycles. The van der Waals surface area contributed by atoms with Gasteiger partial charge in [0, 0.05) is 17.7 Å². The van der Waals surface area contributed by atoms with Crippen LogP contribution in [0.5, 0.6) is 0 Å². The zero-order valence-electron chi connectivity index (χ0n) is 29.6. The van der Waals surface area contributed by atoms with Gasteiger partial charge in [-0.2, -0.15) is 0 Å². The van der Waals surface area contributed by atoms with Gasteiger partial charge in [-0.15, -0.1) is 0 Å². The molecule has 1 saturated heterocycles. The first-order valence-electron chi connectivity index (χ1n) is 18.7. The van der Waals surface area contributed by atoms with Crippen LogP contribution in [-0.4, -0.2) is 61.6 Å². The predicted molar refractivity (Wildman–Crippen MR) is 191 cm³/mol. The first-order valence-corrected chi connectivity index (χ1v) is 18.7. The van der Waals surface area contributed by atoms with Crippen molar-refractivity contribution in [3.05, 3.63) is 29.8 Å². The summed E-state index contributed by atoms with van der Waals surface area (Å²) in [4.78, 5) is 38.4. The fourth-order valence-corrected chi connectivity index (χ4v) is 6.13. The van der Waals surface area contributed by atoms with E-state index >= 15 is 0 Å². The molecule has 47 heavy (non-hydrogen) atoms. The summed E-state index contributed by atoms with van der Waals surface area (Å²) >= 11 is 0. The lowest BCUT2D eigenvalue weighted by molar-refractivity contribution is -0.144. The fraction of sp³-hybridized carbons (Fsp3) is 0.737. The lowest BCUT2D eigenvalue weighted by Gasteiger charge is -2.31. The highest BCUT2D eigenvalue weighted by atomic mass is 16.5. The van der Waals surface area contributed by atoms with Crippen molar-refractivity contribution < 1.29 is 23.9 Å². The van der Waals surface area contributed by atoms with Gasteiger partial charge in [-0.05, 0) is 75.9 Å². The maximum Gasteiger partial charge on any atom is 0.412 e. The van der Waals surface area contributed by atoms with Gasteiger partial charge >= 0.3 is 12.1 Å². The number of rotatable bonds is 25. The van der Waals surface area contributed by atoms with Crippen molar-refractivity contribution in [1.82, 2.24) is 10.2 Å². The summed E-state index contributed by atoms with van der Waals surface area (Å²) in [6, 6.07) is 6.87. The molecule has 0 aliphatic carbocycles. The van der Waals surface area contributed by atoms with Crippen molar-refractivity contribution >= 4 is 29.5 Å². The molecule has 0 aromatic heterocycles. The second-order valence-corrected chi connectivity index (χ2v) is 13.1. The van der Waals surface area contributed by atoms with E-state index in [9.17, 15) is 14.4 Å². The van der Waals surface area contributed by atoms with Gasteiger partial charge in [0.1, 0.15) is 5.84 Å². The van der Waals surface area contributed by atoms with Gasteiger partial charge in [0.15, 0.2) is 0 Å². The van der Waals surface area contributed by atoms with Crippen LogP contribution in [0.2, 0.25) is 0 Å². The molecule has 0 spiro atoms. The standard InChI is InChI=1S/C38H64N4O5/c1-3-5-6-7-8-9-10-11-12-13-14-15-16-17-18-19-30-47-38(45)41-37(39)33-21-23-34(24-22-33)40-35(43)25-20-32-26-28-42(29-27-32)31-36(44)46-4-2/h21-24,32H,3-20,25-31H2,1-2H3,(H,40,43)(H2,39,41,45). The van der Waals surface area contributed by atoms with E-state index in [1.54, 1.807) is 24.3 Å². The Bertz CT molecular complexity index is 1010. The number of anilines is 1. The molecule has 0 bridgehead atoms. The summed E-state index contributed by atoms with van der Waals surface area (Å²) < 4.78 is 10.3. The molecule has 2 amide bonds. The third-order valence-corrected chi connectivity index (χ3v) is 9.06. The molecule has 1 fully saturated rings. The number of nitrogens with one attached hydrogen (secondary N) is 3. The van der Waals surface area contributed by atoms with Gasteiger partial charge in [-0.25, -0.2) is 4.79 Å². The fourth-order valence-electron chi connectivity index (χ4n) is 6.13. The molecule has 1 heterocycles. The SMILES string of the molecule is CCCCCCCCCCCCCCCCCCOC(=O)NC(=N)c1ccc(NC(=O)CCC2CCN(CC(=O)OCC)CC2)cc1. The molecule has 3 N–H and O–H groups in total. The number of hydrogen-bond acceptors (Lipinski definition) is 7. The van der Waals surface area contributed by atoms with Gasteiger partial charge < -0.3 is 14.8 Å². The third-order valence-electron chi connectivity index (χ3n) is 9.06. The highest BCUT2D eigenvalue weighted by molar-refractivity contribution is 6.04. The highest BCUT2D eigenvalue weighted by Gasteiger charge is 2.22. The Morgan fingerprint density at radius 2 is 1.30 bits per heavy atom. The number of ether oxygens (including phenoxy) is 2. The minimum Gasteiger partial charge on any atom is -0.465 e. The molecular weight excluding hydrogens is 592 g/mol. The molecule has 0 unspecified atom stereocenters. The number of unbranched alkanes of at least 4 members (excludes halogenated alkanes) is 15. The minimum absolute atomic E-state index is 0.0332. The molecule has 2 rings (SSSR count). The van der Waals surface area contributed by atoms with Gasteiger partial charge in [0.05, 0.1) is 19.8 Å². The number of nitrogens with zero attached hydrogens (tertiary/aromatic N) is 1. The number of esters is 1. The number of amides is 2. The molecule has 0 radical (unpaired) electrons. The van der Waals surface area contributed by atoms with Crippen LogP contribution in [0.4, 0.5) is 10.5 Å². The number of alkyl carbamates (subject to hydrolysis) is 1. The topological polar surface area (TPSA) is 121 Å². The quantitative estimate of drug-likeness (QED) is 0.0418. The number of likely N-dealkylation sites (tertiary alicyclic amines) is 1. The monoisotopic (exact) mass is 656 g/mol. The molecular formula is C38H64N4O5. The van der Waals surface area contributed by atoms with Crippen LogP contribution in [0, 0.1) is 11.3 Å². The van der Waals surface area contributed by atoms with Crippen molar-refractivity contribution in [2.45, 2.75) is 142 Å². The smallest absolute Gasteiger partial charge is 0.412 e. The van der Waals surface area contributed by atoms with E-state index in [-0.39, 0.29) is 17.7 Å². The molecule has 9 nitrogen and oxygen atoms in total. The summed E-state index contributed by atoms with van der Waals surface area (Å²) in [5, 5.41) is 13.6. The molecule has 1 aromatic rings. The number of hydrogen-bond donors (Lipinski definition) is 3. The van der Waals surface area contributed by atoms with E-state index in [2.05, 4.69) is 22.5 Å². The normalized spacial score (nSPS) is 13.7. The second kappa shape index (κ2) is 26.1. The largest absolute Gasteiger partial charge is 0.465 e. The van der Waals surface area contributed by atoms with Crippen LogP contribution < -0.4 is 10.6 Å². The summed E-state index contributed by atoms with van der Waals surface area (Å²) in [5.74, 6) is 0.214. The lowest BCUT2D eigenvalue weighted by Crippen LogP contribution is -2.38. The van der Waals surface area contributed by atoms with E-state index in [0.717, 1.165) is 45.2 Å². The van der Waals surface area contributed by atoms with E-state index in [4.69, 9.17) is 14.9 Å². The van der Waals surface area contributed by atoms with Crippen molar-refractivity contribution in [2.24, 2.45) is 5.92 Å². The Labute approximate surface area is 284 Å². The Morgan fingerprint density at radius 1 is 0.766 bits per heavy atom. The zero-order chi connectivity index (χ0) is 34.0. The summed E-state index contributed by atoms with van der Waals surface area (Å²) in [6.07, 6.45) is 23.3. The lowest BCUT2D eigenvalue weighted by atomic mass is 9.92. The summed E-state index contributed by atoms with van der Waals surface area (Å²) in [6.45, 7) is 6.87. The van der Waals surface area contributed by atoms with Crippen molar-refractivity contribution in [3.8, 4) is 0 Å². The average Bonchev–Trinajstić information content (AvgIpc) is 3.06. The molecule has 9 heteroatoms. The van der Waals surface area contributed by atoms with Crippen LogP contribution in [0.1, 0.15) is 148 Å². The van der Waals surface area contributed by atoms with Crippen LogP contribution in [0.15, 0.2) is 24.3 Å². The number of piperidine rings is 1. The average molecular weight is 657 g/mol. The van der Waals surface area contributed by atoms with Crippen LogP contribution in [-0.2, 0) is 19.1 Å². The molecule has 1 aliphatic heterocycles. The minimum atomic E-state index is -0.611. The Kier molecular flexibility index (Phi) is 22.3. The van der Waals surface area contributed by atoms with Crippen molar-refractivity contribution in [3.63, 3.8) is 0 Å². The number of amidine groups is 1. The van der Waals surface area contributed by atoms with Crippen LogP contribution >= 0.6 is 0 Å². The van der Waals surface area contributed by atoms with Gasteiger partial charge in [0.2, 0.25) is 5.91 Å². The van der Waals surface area contributed by atoms with E-state index in [0.29, 0.717) is 43.3 Å². The van der Waals surface area contributed by atoms with Gasteiger partial charge in [0.25, 0.3) is 0 Å². The van der Waals surface area contributed by atoms with Gasteiger partial charge in [-0.3, -0.25) is 25.2 Å². The Hall–Kier alpha value is -2.94. The predicted octanol–water partition coefficient (Wildman–Crippen LogP) is 8.99. The summed E-state index contributed by atoms with van der Waals surface area (Å²) in [7, 11) is 0. The van der Waals surface area contributed by atoms with Gasteiger partial charge in [-0.1, -0.05) is 103 Å². The maximum atomic E-state index is 12.5. The number of benzene rings is 1. The Balaban J connectivity index is 1.45. The number of carbonyl (C=O) groups excluding carboxylic acids is 3. The second-order valence-electron chi connectivity index (χ2n) is 13.1. The Morgan fingerprint density at radius 3 is 1.83 bits per heavy atom. The van der Waals surface area contributed by atoms with E-state index in [1.807, 2.05) is 6.92 Å². The summed E-state index contributed by atoms with van der Waals surface area (Å²) in [5.41, 5.74) is 1.19. The molecule has 266 valence electrons. The highest BCUT2D eigenvalue weighted by Crippen LogP contribution is 2.22. The van der Waals surface area contributed by atoms with Crippen LogP contribution in [0.3, 0.4) is 0 Å². The first-order chi connectivity index (χ1) is 22.9. The third kappa shape index (κ3) is 20.1. The van der Waals surface area contributed by atoms with Crippen molar-refractivity contribution in [1.29, 1.82) is 5.41 Å². The van der Waals surface area contributed by atoms with E-state index < -0.39 is 6.09 Å². The van der Waals surface area contributed by atoms with Crippen molar-refractivity contribution in [2.75, 3.05) is 38.2 Å². The van der Waals surface area contributed by atoms with E-state index in [1.165, 1.54) is 89.9 Å². The number of carbonyl (C=O) groups is 3. The van der Waals surface area contributed by atoms with Crippen LogP contribution in [0.25, 0.3) is 0 Å². The zero-order valence-corrected chi connectivity index (χ0v) is 29.6. The molecule has 1 aliphatic rings.